The van der Waals surface area contributed by atoms with Crippen LogP contribution in [0.25, 0.3) is 11.0 Å². The minimum Gasteiger partial charge on any atom is -0.492 e. The first kappa shape index (κ1) is 29.3. The standard InChI is InChI=1S/C32H40N4O4S/c1-3-35(4-2)41(38,39)28-15-13-25(14-16-28)23-26-9-5-8-12-31(26)40-22-21-34-19-17-27(18-20-34)36-30-11-7-6-10-29(30)33-32(36)24-37/h5-16,27,37H,3-4,17-24H2,1-2H3. The smallest absolute Gasteiger partial charge is 0.243 e. The molecule has 3 aromatic carbocycles. The summed E-state index contributed by atoms with van der Waals surface area (Å²) < 4.78 is 35.6. The first-order chi connectivity index (χ1) is 19.9. The Balaban J connectivity index is 1.15. The average Bonchev–Trinajstić information content (AvgIpc) is 3.38. The molecule has 4 aromatic rings. The number of hydrogen-bond acceptors (Lipinski definition) is 6. The van der Waals surface area contributed by atoms with Crippen LogP contribution in [0.15, 0.2) is 77.7 Å². The number of benzene rings is 3. The Morgan fingerprint density at radius 1 is 0.951 bits per heavy atom. The quantitative estimate of drug-likeness (QED) is 0.259. The second kappa shape index (κ2) is 13.2. The fourth-order valence-corrected chi connectivity index (χ4v) is 7.26. The first-order valence-electron chi connectivity index (χ1n) is 14.5. The van der Waals surface area contributed by atoms with Crippen molar-refractivity contribution in [1.82, 2.24) is 18.8 Å². The van der Waals surface area contributed by atoms with Gasteiger partial charge in [0.15, 0.2) is 0 Å². The van der Waals surface area contributed by atoms with Gasteiger partial charge in [-0.15, -0.1) is 0 Å². The van der Waals surface area contributed by atoms with Crippen LogP contribution in [0.5, 0.6) is 5.75 Å². The predicted octanol–water partition coefficient (Wildman–Crippen LogP) is 4.87. The van der Waals surface area contributed by atoms with Gasteiger partial charge in [-0.05, 0) is 54.3 Å². The van der Waals surface area contributed by atoms with Crippen LogP contribution in [0.3, 0.4) is 0 Å². The van der Waals surface area contributed by atoms with Gasteiger partial charge in [0.05, 0.1) is 15.9 Å². The van der Waals surface area contributed by atoms with Gasteiger partial charge in [0.2, 0.25) is 10.0 Å². The number of aliphatic hydroxyl groups is 1. The lowest BCUT2D eigenvalue weighted by Crippen LogP contribution is -2.37. The van der Waals surface area contributed by atoms with E-state index in [-0.39, 0.29) is 6.61 Å². The van der Waals surface area contributed by atoms with E-state index in [4.69, 9.17) is 4.74 Å². The maximum atomic E-state index is 12.8. The summed E-state index contributed by atoms with van der Waals surface area (Å²) in [6.07, 6.45) is 2.67. The minimum atomic E-state index is -3.46. The Kier molecular flexibility index (Phi) is 9.39. The fraction of sp³-hybridized carbons (Fsp3) is 0.406. The summed E-state index contributed by atoms with van der Waals surface area (Å²) in [7, 11) is -3.46. The number of piperidine rings is 1. The molecule has 0 saturated carbocycles. The maximum Gasteiger partial charge on any atom is 0.243 e. The number of aromatic nitrogens is 2. The SMILES string of the molecule is CCN(CC)S(=O)(=O)c1ccc(Cc2ccccc2OCCN2CCC(n3c(CO)nc4ccccc43)CC2)cc1. The van der Waals surface area contributed by atoms with Gasteiger partial charge in [-0.3, -0.25) is 4.90 Å². The molecule has 0 amide bonds. The van der Waals surface area contributed by atoms with Crippen molar-refractivity contribution in [2.75, 3.05) is 39.3 Å². The highest BCUT2D eigenvalue weighted by molar-refractivity contribution is 7.89. The van der Waals surface area contributed by atoms with Crippen LogP contribution in [0.1, 0.15) is 49.7 Å². The lowest BCUT2D eigenvalue weighted by atomic mass is 10.0. The Morgan fingerprint density at radius 3 is 2.34 bits per heavy atom. The minimum absolute atomic E-state index is 0.0539. The Labute approximate surface area is 243 Å². The van der Waals surface area contributed by atoms with E-state index in [1.165, 1.54) is 4.31 Å². The van der Waals surface area contributed by atoms with Gasteiger partial charge < -0.3 is 14.4 Å². The summed E-state index contributed by atoms with van der Waals surface area (Å²) in [4.78, 5) is 7.39. The van der Waals surface area contributed by atoms with Crippen LogP contribution in [-0.2, 0) is 23.1 Å². The van der Waals surface area contributed by atoms with Crippen LogP contribution in [0.2, 0.25) is 0 Å². The van der Waals surface area contributed by atoms with Crippen LogP contribution in [0, 0.1) is 0 Å². The lowest BCUT2D eigenvalue weighted by Gasteiger charge is -2.33. The molecule has 0 aliphatic carbocycles. The Morgan fingerprint density at radius 2 is 1.63 bits per heavy atom. The highest BCUT2D eigenvalue weighted by Crippen LogP contribution is 2.29. The van der Waals surface area contributed by atoms with E-state index >= 15 is 0 Å². The third kappa shape index (κ3) is 6.48. The summed E-state index contributed by atoms with van der Waals surface area (Å²) >= 11 is 0. The summed E-state index contributed by atoms with van der Waals surface area (Å²) in [6, 6.07) is 23.7. The van der Waals surface area contributed by atoms with Crippen molar-refractivity contribution in [3.8, 4) is 5.75 Å². The lowest BCUT2D eigenvalue weighted by molar-refractivity contribution is 0.154. The molecule has 2 heterocycles. The molecule has 5 rings (SSSR count). The molecule has 1 aliphatic heterocycles. The largest absolute Gasteiger partial charge is 0.492 e. The van der Waals surface area contributed by atoms with E-state index in [0.29, 0.717) is 37.1 Å². The topological polar surface area (TPSA) is 87.9 Å². The van der Waals surface area contributed by atoms with Crippen molar-refractivity contribution in [1.29, 1.82) is 0 Å². The number of fused-ring (bicyclic) bond motifs is 1. The van der Waals surface area contributed by atoms with Crippen molar-refractivity contribution >= 4 is 21.1 Å². The van der Waals surface area contributed by atoms with Crippen LogP contribution in [0.4, 0.5) is 0 Å². The van der Waals surface area contributed by atoms with Crippen molar-refractivity contribution in [3.63, 3.8) is 0 Å². The molecule has 8 nitrogen and oxygen atoms in total. The second-order valence-corrected chi connectivity index (χ2v) is 12.4. The number of ether oxygens (including phenoxy) is 1. The van der Waals surface area contributed by atoms with Gasteiger partial charge >= 0.3 is 0 Å². The van der Waals surface area contributed by atoms with Crippen molar-refractivity contribution in [3.05, 3.63) is 89.7 Å². The molecule has 1 aromatic heterocycles. The number of rotatable bonds is 12. The van der Waals surface area contributed by atoms with Gasteiger partial charge in [-0.2, -0.15) is 4.31 Å². The zero-order chi connectivity index (χ0) is 28.8. The van der Waals surface area contributed by atoms with Crippen LogP contribution in [-0.4, -0.2) is 71.6 Å². The molecule has 1 fully saturated rings. The maximum absolute atomic E-state index is 12.8. The summed E-state index contributed by atoms with van der Waals surface area (Å²) in [5.41, 5.74) is 4.15. The zero-order valence-corrected chi connectivity index (χ0v) is 24.8. The van der Waals surface area contributed by atoms with E-state index < -0.39 is 10.0 Å². The molecule has 9 heteroatoms. The molecule has 1 N–H and O–H groups in total. The summed E-state index contributed by atoms with van der Waals surface area (Å²) in [5.74, 6) is 1.60. The monoisotopic (exact) mass is 576 g/mol. The highest BCUT2D eigenvalue weighted by atomic mass is 32.2. The number of imidazole rings is 1. The first-order valence-corrected chi connectivity index (χ1v) is 16.0. The number of nitrogens with zero attached hydrogens (tertiary/aromatic N) is 4. The van der Waals surface area contributed by atoms with E-state index in [1.54, 1.807) is 12.1 Å². The number of hydrogen-bond donors (Lipinski definition) is 1. The number of aliphatic hydroxyl groups excluding tert-OH is 1. The molecule has 218 valence electrons. The number of likely N-dealkylation sites (tertiary alicyclic amines) is 1. The summed E-state index contributed by atoms with van der Waals surface area (Å²) in [5, 5.41) is 9.89. The Hall–Kier alpha value is -3.24. The molecular formula is C32H40N4O4S. The van der Waals surface area contributed by atoms with Gasteiger partial charge in [0.1, 0.15) is 24.8 Å². The van der Waals surface area contributed by atoms with Crippen molar-refractivity contribution in [2.45, 2.75) is 50.7 Å². The van der Waals surface area contributed by atoms with E-state index in [9.17, 15) is 13.5 Å². The van der Waals surface area contributed by atoms with E-state index in [2.05, 4.69) is 26.6 Å². The van der Waals surface area contributed by atoms with E-state index in [1.807, 2.05) is 62.4 Å². The van der Waals surface area contributed by atoms with Crippen molar-refractivity contribution < 1.29 is 18.3 Å². The highest BCUT2D eigenvalue weighted by Gasteiger charge is 2.24. The van der Waals surface area contributed by atoms with Gasteiger partial charge in [-0.1, -0.05) is 56.3 Å². The average molecular weight is 577 g/mol. The third-order valence-electron chi connectivity index (χ3n) is 8.03. The van der Waals surface area contributed by atoms with Gasteiger partial charge in [0, 0.05) is 45.2 Å². The van der Waals surface area contributed by atoms with E-state index in [0.717, 1.165) is 66.2 Å². The molecule has 0 bridgehead atoms. The molecular weight excluding hydrogens is 536 g/mol. The molecule has 0 unspecified atom stereocenters. The fourth-order valence-electron chi connectivity index (χ4n) is 5.80. The molecule has 1 saturated heterocycles. The van der Waals surface area contributed by atoms with Gasteiger partial charge in [0.25, 0.3) is 0 Å². The predicted molar refractivity (Wildman–Crippen MR) is 162 cm³/mol. The van der Waals surface area contributed by atoms with Crippen molar-refractivity contribution in [2.24, 2.45) is 0 Å². The van der Waals surface area contributed by atoms with Crippen LogP contribution >= 0.6 is 0 Å². The normalized spacial score (nSPS) is 15.1. The molecule has 0 radical (unpaired) electrons. The van der Waals surface area contributed by atoms with Crippen LogP contribution < -0.4 is 4.74 Å². The molecule has 0 spiro atoms. The Bertz CT molecular complexity index is 1540. The number of para-hydroxylation sites is 3. The third-order valence-corrected chi connectivity index (χ3v) is 10.1. The molecule has 1 aliphatic rings. The zero-order valence-electron chi connectivity index (χ0n) is 23.9. The molecule has 41 heavy (non-hydrogen) atoms. The van der Waals surface area contributed by atoms with Gasteiger partial charge in [-0.25, -0.2) is 13.4 Å². The molecule has 0 atom stereocenters. The second-order valence-electron chi connectivity index (χ2n) is 10.5. The number of sulfonamides is 1. The summed E-state index contributed by atoms with van der Waals surface area (Å²) in [6.45, 7) is 7.93.